The molecular weight excluding hydrogens is 280 g/mol. The molecule has 0 atom stereocenters. The van der Waals surface area contributed by atoms with Crippen LogP contribution in [0.5, 0.6) is 0 Å². The van der Waals surface area contributed by atoms with Crippen molar-refractivity contribution < 1.29 is 9.85 Å². The zero-order chi connectivity index (χ0) is 11.9. The minimum atomic E-state index is -0.488. The second kappa shape index (κ2) is 3.82. The zero-order valence-electron chi connectivity index (χ0n) is 8.10. The van der Waals surface area contributed by atoms with Crippen molar-refractivity contribution in [2.45, 2.75) is 19.3 Å². The Morgan fingerprint density at radius 1 is 1.12 bits per heavy atom. The Hall–Kier alpha value is -1.50. The number of nitrogens with zero attached hydrogens (tertiary/aromatic N) is 2. The second-order valence-corrected chi connectivity index (χ2v) is 4.41. The van der Waals surface area contributed by atoms with Crippen molar-refractivity contribution in [3.8, 4) is 0 Å². The summed E-state index contributed by atoms with van der Waals surface area (Å²) in [7, 11) is 0. The first-order valence-corrected chi connectivity index (χ1v) is 5.44. The van der Waals surface area contributed by atoms with E-state index >= 15 is 0 Å². The van der Waals surface area contributed by atoms with E-state index in [1.165, 1.54) is 6.07 Å². The van der Waals surface area contributed by atoms with Crippen LogP contribution in [-0.4, -0.2) is 9.85 Å². The summed E-state index contributed by atoms with van der Waals surface area (Å²) >= 11 is 3.02. The van der Waals surface area contributed by atoms with Crippen LogP contribution in [0.4, 0.5) is 11.4 Å². The molecule has 1 aromatic rings. The summed E-state index contributed by atoms with van der Waals surface area (Å²) in [5.41, 5.74) is 0.967. The average molecular weight is 287 g/mol. The molecule has 0 saturated heterocycles. The van der Waals surface area contributed by atoms with E-state index in [0.717, 1.165) is 6.42 Å². The molecule has 0 amide bonds. The molecule has 0 N–H and O–H groups in total. The van der Waals surface area contributed by atoms with E-state index in [-0.39, 0.29) is 15.8 Å². The highest BCUT2D eigenvalue weighted by Crippen LogP contribution is 2.41. The number of nitro benzene ring substituents is 2. The highest BCUT2D eigenvalue weighted by atomic mass is 79.9. The normalized spacial score (nSPS) is 13.6. The van der Waals surface area contributed by atoms with Gasteiger partial charge < -0.3 is 0 Å². The van der Waals surface area contributed by atoms with Crippen LogP contribution < -0.4 is 0 Å². The molecule has 2 rings (SSSR count). The number of rotatable bonds is 2. The van der Waals surface area contributed by atoms with E-state index in [9.17, 15) is 20.2 Å². The number of fused-ring (bicyclic) bond motifs is 1. The molecule has 0 fully saturated rings. The van der Waals surface area contributed by atoms with Crippen LogP contribution in [0, 0.1) is 20.2 Å². The summed E-state index contributed by atoms with van der Waals surface area (Å²) < 4.78 is 0.185. The minimum Gasteiger partial charge on any atom is -0.258 e. The van der Waals surface area contributed by atoms with Crippen LogP contribution in [0.15, 0.2) is 10.5 Å². The van der Waals surface area contributed by atoms with Gasteiger partial charge in [0, 0.05) is 17.2 Å². The molecule has 1 aromatic carbocycles. The van der Waals surface area contributed by atoms with Gasteiger partial charge in [-0.15, -0.1) is 0 Å². The molecule has 0 heterocycles. The maximum absolute atomic E-state index is 10.9. The Bertz CT molecular complexity index is 501. The van der Waals surface area contributed by atoms with Crippen molar-refractivity contribution >= 4 is 27.3 Å². The number of hydrogen-bond donors (Lipinski definition) is 0. The third-order valence-corrected chi connectivity index (χ3v) is 3.29. The smallest absolute Gasteiger partial charge is 0.258 e. The molecule has 0 bridgehead atoms. The molecule has 0 saturated carbocycles. The molecule has 0 radical (unpaired) electrons. The van der Waals surface area contributed by atoms with Crippen LogP contribution in [0.2, 0.25) is 0 Å². The Morgan fingerprint density at radius 2 is 1.75 bits per heavy atom. The fourth-order valence-corrected chi connectivity index (χ4v) is 2.67. The predicted octanol–water partition coefficient (Wildman–Crippen LogP) is 2.75. The average Bonchev–Trinajstić information content (AvgIpc) is 2.63. The van der Waals surface area contributed by atoms with Crippen LogP contribution in [0.1, 0.15) is 17.5 Å². The van der Waals surface area contributed by atoms with Crippen LogP contribution in [-0.2, 0) is 12.8 Å². The number of benzene rings is 1. The lowest BCUT2D eigenvalue weighted by Crippen LogP contribution is -2.00. The zero-order valence-corrected chi connectivity index (χ0v) is 9.69. The SMILES string of the molecule is O=[N+]([O-])c1cc(Br)c([N+](=O)[O-])c2c1CCC2. The summed E-state index contributed by atoms with van der Waals surface area (Å²) in [5.74, 6) is 0. The van der Waals surface area contributed by atoms with Gasteiger partial charge in [-0.1, -0.05) is 0 Å². The molecule has 1 aliphatic rings. The van der Waals surface area contributed by atoms with E-state index in [4.69, 9.17) is 0 Å². The van der Waals surface area contributed by atoms with Crippen LogP contribution in [0.3, 0.4) is 0 Å². The van der Waals surface area contributed by atoms with Crippen molar-refractivity contribution in [2.75, 3.05) is 0 Å². The van der Waals surface area contributed by atoms with E-state index in [1.54, 1.807) is 0 Å². The summed E-state index contributed by atoms with van der Waals surface area (Å²) in [6.45, 7) is 0. The van der Waals surface area contributed by atoms with Crippen molar-refractivity contribution in [3.63, 3.8) is 0 Å². The van der Waals surface area contributed by atoms with Crippen molar-refractivity contribution in [2.24, 2.45) is 0 Å². The highest BCUT2D eigenvalue weighted by molar-refractivity contribution is 9.10. The number of hydrogen-bond acceptors (Lipinski definition) is 4. The van der Waals surface area contributed by atoms with E-state index in [2.05, 4.69) is 15.9 Å². The Labute approximate surface area is 98.7 Å². The van der Waals surface area contributed by atoms with E-state index in [1.807, 2.05) is 0 Å². The van der Waals surface area contributed by atoms with Crippen molar-refractivity contribution in [1.82, 2.24) is 0 Å². The lowest BCUT2D eigenvalue weighted by atomic mass is 10.1. The first-order valence-electron chi connectivity index (χ1n) is 4.65. The molecule has 6 nitrogen and oxygen atoms in total. The molecule has 1 aliphatic carbocycles. The standard InChI is InChI=1S/C9H7BrN2O4/c10-7-4-8(11(13)14)5-2-1-3-6(5)9(7)12(15)16/h4H,1-3H2. The summed E-state index contributed by atoms with van der Waals surface area (Å²) in [6.07, 6.45) is 1.80. The lowest BCUT2D eigenvalue weighted by molar-refractivity contribution is -0.390. The first kappa shape index (κ1) is 11.0. The number of nitro groups is 2. The van der Waals surface area contributed by atoms with Gasteiger partial charge in [0.05, 0.1) is 9.85 Å². The van der Waals surface area contributed by atoms with E-state index in [0.29, 0.717) is 24.0 Å². The molecular formula is C9H7BrN2O4. The van der Waals surface area contributed by atoms with Crippen LogP contribution >= 0.6 is 15.9 Å². The quantitative estimate of drug-likeness (QED) is 0.618. The Kier molecular flexibility index (Phi) is 2.63. The topological polar surface area (TPSA) is 86.3 Å². The first-order chi connectivity index (χ1) is 7.52. The molecule has 84 valence electrons. The number of halogens is 1. The Balaban J connectivity index is 2.74. The van der Waals surface area contributed by atoms with Gasteiger partial charge in [0.25, 0.3) is 11.4 Å². The maximum Gasteiger partial charge on any atom is 0.287 e. The summed E-state index contributed by atoms with van der Waals surface area (Å²) in [4.78, 5) is 20.7. The predicted molar refractivity (Wildman–Crippen MR) is 59.5 cm³/mol. The molecule has 0 unspecified atom stereocenters. The second-order valence-electron chi connectivity index (χ2n) is 3.55. The summed E-state index contributed by atoms with van der Waals surface area (Å²) in [5, 5.41) is 21.7. The van der Waals surface area contributed by atoms with Gasteiger partial charge >= 0.3 is 0 Å². The molecule has 0 aromatic heterocycles. The fourth-order valence-electron chi connectivity index (χ4n) is 2.07. The van der Waals surface area contributed by atoms with Crippen LogP contribution in [0.25, 0.3) is 0 Å². The van der Waals surface area contributed by atoms with Gasteiger partial charge in [0.1, 0.15) is 4.47 Å². The van der Waals surface area contributed by atoms with Gasteiger partial charge in [-0.05, 0) is 35.2 Å². The highest BCUT2D eigenvalue weighted by Gasteiger charge is 2.32. The van der Waals surface area contributed by atoms with Gasteiger partial charge in [0.2, 0.25) is 0 Å². The maximum atomic E-state index is 10.9. The molecule has 16 heavy (non-hydrogen) atoms. The molecule has 7 heteroatoms. The fraction of sp³-hybridized carbons (Fsp3) is 0.333. The minimum absolute atomic E-state index is 0.0232. The van der Waals surface area contributed by atoms with Gasteiger partial charge in [-0.2, -0.15) is 0 Å². The Morgan fingerprint density at radius 3 is 2.31 bits per heavy atom. The third kappa shape index (κ3) is 1.57. The molecule has 0 aliphatic heterocycles. The third-order valence-electron chi connectivity index (χ3n) is 2.68. The van der Waals surface area contributed by atoms with Crippen molar-refractivity contribution in [3.05, 3.63) is 41.9 Å². The van der Waals surface area contributed by atoms with Gasteiger partial charge in [-0.3, -0.25) is 20.2 Å². The molecule has 0 spiro atoms. The van der Waals surface area contributed by atoms with Gasteiger partial charge in [0.15, 0.2) is 0 Å². The van der Waals surface area contributed by atoms with Crippen molar-refractivity contribution in [1.29, 1.82) is 0 Å². The van der Waals surface area contributed by atoms with E-state index < -0.39 is 9.85 Å². The largest absolute Gasteiger partial charge is 0.287 e. The monoisotopic (exact) mass is 286 g/mol. The summed E-state index contributed by atoms with van der Waals surface area (Å²) in [6, 6.07) is 1.22. The van der Waals surface area contributed by atoms with Gasteiger partial charge in [-0.25, -0.2) is 0 Å². The lowest BCUT2D eigenvalue weighted by Gasteiger charge is -2.04.